The Kier molecular flexibility index (Phi) is 3.86. The van der Waals surface area contributed by atoms with Gasteiger partial charge in [-0.2, -0.15) is 13.2 Å². The Morgan fingerprint density at radius 2 is 2.16 bits per heavy atom. The van der Waals surface area contributed by atoms with Gasteiger partial charge in [0.15, 0.2) is 0 Å². The lowest BCUT2D eigenvalue weighted by Crippen LogP contribution is -2.14. The normalized spacial score (nSPS) is 13.5. The summed E-state index contributed by atoms with van der Waals surface area (Å²) in [5, 5.41) is 12.5. The number of nitrogens with zero attached hydrogens (tertiary/aromatic N) is 2. The predicted molar refractivity (Wildman–Crippen MR) is 64.8 cm³/mol. The Labute approximate surface area is 111 Å². The van der Waals surface area contributed by atoms with Crippen molar-refractivity contribution < 1.29 is 18.3 Å². The molecule has 2 heterocycles. The van der Waals surface area contributed by atoms with Gasteiger partial charge in [0.25, 0.3) is 0 Å². The van der Waals surface area contributed by atoms with Gasteiger partial charge in [-0.25, -0.2) is 4.98 Å². The molecule has 0 aliphatic rings. The van der Waals surface area contributed by atoms with E-state index in [-0.39, 0.29) is 12.0 Å². The highest BCUT2D eigenvalue weighted by Crippen LogP contribution is 2.34. The van der Waals surface area contributed by atoms with Crippen LogP contribution in [0.4, 0.5) is 13.2 Å². The van der Waals surface area contributed by atoms with Crippen LogP contribution in [0.1, 0.15) is 27.9 Å². The van der Waals surface area contributed by atoms with Crippen LogP contribution in [0.25, 0.3) is 0 Å². The third-order valence-corrected chi connectivity index (χ3v) is 3.41. The summed E-state index contributed by atoms with van der Waals surface area (Å²) >= 11 is 1.39. The first-order valence-corrected chi connectivity index (χ1v) is 6.36. The van der Waals surface area contributed by atoms with Crippen molar-refractivity contribution in [2.45, 2.75) is 25.6 Å². The van der Waals surface area contributed by atoms with E-state index < -0.39 is 17.8 Å². The maximum absolute atomic E-state index is 12.8. The van der Waals surface area contributed by atoms with E-state index in [1.54, 1.807) is 12.3 Å². The van der Waals surface area contributed by atoms with Gasteiger partial charge >= 0.3 is 6.18 Å². The molecule has 0 fully saturated rings. The van der Waals surface area contributed by atoms with Crippen LogP contribution in [0.5, 0.6) is 0 Å². The van der Waals surface area contributed by atoms with Gasteiger partial charge in [0.05, 0.1) is 22.4 Å². The standard InChI is InChI=1S/C12H11F3N2OS/c1-7-17-8(6-19-7)4-11(18)9-5-16-3-2-10(9)12(13,14)15/h2-3,5-6,11,18H,4H2,1H3. The number of rotatable bonds is 3. The van der Waals surface area contributed by atoms with Gasteiger partial charge < -0.3 is 5.11 Å². The number of aromatic nitrogens is 2. The van der Waals surface area contributed by atoms with Crippen LogP contribution < -0.4 is 0 Å². The summed E-state index contributed by atoms with van der Waals surface area (Å²) in [5.41, 5.74) is -0.505. The van der Waals surface area contributed by atoms with Crippen LogP contribution in [-0.4, -0.2) is 15.1 Å². The van der Waals surface area contributed by atoms with E-state index in [1.165, 1.54) is 11.3 Å². The number of halogens is 3. The van der Waals surface area contributed by atoms with Crippen molar-refractivity contribution in [3.63, 3.8) is 0 Å². The van der Waals surface area contributed by atoms with E-state index >= 15 is 0 Å². The molecule has 1 atom stereocenters. The zero-order chi connectivity index (χ0) is 14.0. The van der Waals surface area contributed by atoms with Crippen molar-refractivity contribution in [2.24, 2.45) is 0 Å². The fourth-order valence-electron chi connectivity index (χ4n) is 1.74. The molecule has 0 bridgehead atoms. The molecule has 0 amide bonds. The molecule has 0 aliphatic carbocycles. The predicted octanol–water partition coefficient (Wildman–Crippen LogP) is 3.14. The molecule has 0 saturated carbocycles. The monoisotopic (exact) mass is 288 g/mol. The highest BCUT2D eigenvalue weighted by molar-refractivity contribution is 7.09. The summed E-state index contributed by atoms with van der Waals surface area (Å²) in [6, 6.07) is 0.866. The van der Waals surface area contributed by atoms with Crippen molar-refractivity contribution in [1.82, 2.24) is 9.97 Å². The van der Waals surface area contributed by atoms with E-state index in [9.17, 15) is 18.3 Å². The maximum atomic E-state index is 12.8. The summed E-state index contributed by atoms with van der Waals surface area (Å²) in [6.07, 6.45) is -3.62. The first-order valence-electron chi connectivity index (χ1n) is 5.48. The molecule has 0 aromatic carbocycles. The van der Waals surface area contributed by atoms with Gasteiger partial charge in [-0.15, -0.1) is 11.3 Å². The summed E-state index contributed by atoms with van der Waals surface area (Å²) in [6.45, 7) is 1.80. The van der Waals surface area contributed by atoms with Gasteiger partial charge in [-0.05, 0) is 13.0 Å². The second-order valence-corrected chi connectivity index (χ2v) is 5.10. The fraction of sp³-hybridized carbons (Fsp3) is 0.333. The molecule has 1 unspecified atom stereocenters. The van der Waals surface area contributed by atoms with E-state index in [1.807, 2.05) is 0 Å². The van der Waals surface area contributed by atoms with E-state index in [0.717, 1.165) is 23.5 Å². The minimum atomic E-state index is -4.50. The Hall–Kier alpha value is -1.47. The van der Waals surface area contributed by atoms with Crippen LogP contribution in [0.15, 0.2) is 23.8 Å². The highest BCUT2D eigenvalue weighted by Gasteiger charge is 2.35. The molecule has 0 aliphatic heterocycles. The molecule has 2 aromatic heterocycles. The van der Waals surface area contributed by atoms with Crippen molar-refractivity contribution in [3.8, 4) is 0 Å². The third kappa shape index (κ3) is 3.30. The molecule has 2 aromatic rings. The largest absolute Gasteiger partial charge is 0.416 e. The average Bonchev–Trinajstić information content (AvgIpc) is 2.73. The minimum Gasteiger partial charge on any atom is -0.388 e. The highest BCUT2D eigenvalue weighted by atomic mass is 32.1. The molecule has 102 valence electrons. The molecule has 2 rings (SSSR count). The first kappa shape index (κ1) is 14.0. The lowest BCUT2D eigenvalue weighted by molar-refractivity contribution is -0.139. The smallest absolute Gasteiger partial charge is 0.388 e. The number of aliphatic hydroxyl groups is 1. The Morgan fingerprint density at radius 1 is 1.42 bits per heavy atom. The van der Waals surface area contributed by atoms with Crippen LogP contribution in [0.3, 0.4) is 0 Å². The van der Waals surface area contributed by atoms with Gasteiger partial charge in [-0.1, -0.05) is 0 Å². The van der Waals surface area contributed by atoms with Crippen LogP contribution >= 0.6 is 11.3 Å². The van der Waals surface area contributed by atoms with Gasteiger partial charge in [0.1, 0.15) is 0 Å². The van der Waals surface area contributed by atoms with Crippen molar-refractivity contribution in [1.29, 1.82) is 0 Å². The second kappa shape index (κ2) is 5.26. The van der Waals surface area contributed by atoms with Gasteiger partial charge in [0, 0.05) is 29.8 Å². The Bertz CT molecular complexity index is 568. The van der Waals surface area contributed by atoms with Crippen molar-refractivity contribution in [2.75, 3.05) is 0 Å². The molecular formula is C12H11F3N2OS. The lowest BCUT2D eigenvalue weighted by Gasteiger charge is -2.16. The molecule has 3 nitrogen and oxygen atoms in total. The van der Waals surface area contributed by atoms with Crippen LogP contribution in [0, 0.1) is 6.92 Å². The molecular weight excluding hydrogens is 277 g/mol. The van der Waals surface area contributed by atoms with Gasteiger partial charge in [0.2, 0.25) is 0 Å². The summed E-state index contributed by atoms with van der Waals surface area (Å²) in [5.74, 6) is 0. The number of hydrogen-bond donors (Lipinski definition) is 1. The number of alkyl halides is 3. The third-order valence-electron chi connectivity index (χ3n) is 2.59. The molecule has 19 heavy (non-hydrogen) atoms. The summed E-state index contributed by atoms with van der Waals surface area (Å²) in [7, 11) is 0. The molecule has 7 heteroatoms. The SMILES string of the molecule is Cc1nc(CC(O)c2cnccc2C(F)(F)F)cs1. The number of hydrogen-bond acceptors (Lipinski definition) is 4. The minimum absolute atomic E-state index is 0.0408. The number of aryl methyl sites for hydroxylation is 1. The zero-order valence-corrected chi connectivity index (χ0v) is 10.8. The van der Waals surface area contributed by atoms with E-state index in [4.69, 9.17) is 0 Å². The first-order chi connectivity index (χ1) is 8.88. The van der Waals surface area contributed by atoms with Crippen molar-refractivity contribution >= 4 is 11.3 Å². The second-order valence-electron chi connectivity index (χ2n) is 4.04. The average molecular weight is 288 g/mol. The summed E-state index contributed by atoms with van der Waals surface area (Å²) in [4.78, 5) is 7.77. The zero-order valence-electron chi connectivity index (χ0n) is 9.98. The Balaban J connectivity index is 2.26. The number of aliphatic hydroxyl groups excluding tert-OH is 1. The molecule has 0 radical (unpaired) electrons. The quantitative estimate of drug-likeness (QED) is 0.943. The summed E-state index contributed by atoms with van der Waals surface area (Å²) < 4.78 is 38.4. The van der Waals surface area contributed by atoms with E-state index in [2.05, 4.69) is 9.97 Å². The topological polar surface area (TPSA) is 46.0 Å². The maximum Gasteiger partial charge on any atom is 0.416 e. The number of thiazole rings is 1. The number of pyridine rings is 1. The fourth-order valence-corrected chi connectivity index (χ4v) is 2.37. The molecule has 1 N–H and O–H groups in total. The van der Waals surface area contributed by atoms with Crippen LogP contribution in [-0.2, 0) is 12.6 Å². The molecule has 0 spiro atoms. The molecule has 0 saturated heterocycles. The van der Waals surface area contributed by atoms with Crippen molar-refractivity contribution in [3.05, 3.63) is 45.7 Å². The van der Waals surface area contributed by atoms with Gasteiger partial charge in [-0.3, -0.25) is 4.98 Å². The Morgan fingerprint density at radius 3 is 2.74 bits per heavy atom. The lowest BCUT2D eigenvalue weighted by atomic mass is 10.0. The van der Waals surface area contributed by atoms with Crippen LogP contribution in [0.2, 0.25) is 0 Å². The van der Waals surface area contributed by atoms with E-state index in [0.29, 0.717) is 5.69 Å².